The first-order valence-electron chi connectivity index (χ1n) is 5.80. The molecular formula is C11H16N2O4S2. The molecule has 0 aromatic rings. The molecule has 6 nitrogen and oxygen atoms in total. The average molecular weight is 304 g/mol. The number of hydrogen-bond acceptors (Lipinski definition) is 6. The highest BCUT2D eigenvalue weighted by Crippen LogP contribution is 2.51. The third-order valence-corrected chi connectivity index (χ3v) is 5.40. The molecule has 0 aliphatic carbocycles. The molecule has 0 aromatic carbocycles. The van der Waals surface area contributed by atoms with Crippen LogP contribution in [0, 0.1) is 5.92 Å². The van der Waals surface area contributed by atoms with E-state index in [0.717, 1.165) is 0 Å². The molecule has 2 aliphatic rings. The number of aliphatic hydroxyl groups is 1. The Morgan fingerprint density at radius 3 is 2.74 bits per heavy atom. The molecule has 0 radical (unpaired) electrons. The summed E-state index contributed by atoms with van der Waals surface area (Å²) in [4.78, 5) is 25.1. The number of nitrogens with zero attached hydrogens (tertiary/aromatic N) is 1. The number of hydrogen-bond donors (Lipinski definition) is 3. The zero-order valence-corrected chi connectivity index (χ0v) is 12.2. The predicted molar refractivity (Wildman–Crippen MR) is 74.4 cm³/mol. The molecule has 8 heteroatoms. The molecule has 0 spiro atoms. The van der Waals surface area contributed by atoms with Gasteiger partial charge in [-0.2, -0.15) is 11.8 Å². The summed E-state index contributed by atoms with van der Waals surface area (Å²) in [6, 6.07) is -0.404. The fraction of sp³-hybridized carbons (Fsp3) is 0.636. The van der Waals surface area contributed by atoms with Crippen molar-refractivity contribution in [2.24, 2.45) is 11.7 Å². The summed E-state index contributed by atoms with van der Waals surface area (Å²) in [6.07, 6.45) is 1.10. The van der Waals surface area contributed by atoms with Gasteiger partial charge < -0.3 is 15.9 Å². The smallest absolute Gasteiger partial charge is 0.353 e. The van der Waals surface area contributed by atoms with Crippen LogP contribution in [0.2, 0.25) is 0 Å². The number of carboxylic acids is 1. The summed E-state index contributed by atoms with van der Waals surface area (Å²) < 4.78 is 0. The zero-order valence-electron chi connectivity index (χ0n) is 10.6. The van der Waals surface area contributed by atoms with E-state index in [-0.39, 0.29) is 17.0 Å². The van der Waals surface area contributed by atoms with Gasteiger partial charge in [-0.25, -0.2) is 4.79 Å². The van der Waals surface area contributed by atoms with Crippen LogP contribution in [0.5, 0.6) is 0 Å². The summed E-state index contributed by atoms with van der Waals surface area (Å²) in [5, 5.41) is 18.5. The normalized spacial score (nSPS) is 29.1. The molecule has 2 heterocycles. The van der Waals surface area contributed by atoms with E-state index in [1.54, 1.807) is 6.92 Å². The quantitative estimate of drug-likeness (QED) is 0.609. The lowest BCUT2D eigenvalue weighted by molar-refractivity contribution is -0.156. The average Bonchev–Trinajstić information content (AvgIpc) is 2.64. The molecule has 0 saturated carbocycles. The second kappa shape index (κ2) is 5.35. The molecule has 2 rings (SSSR count). The molecule has 4 atom stereocenters. The van der Waals surface area contributed by atoms with Crippen molar-refractivity contribution in [3.63, 3.8) is 0 Å². The van der Waals surface area contributed by atoms with E-state index >= 15 is 0 Å². The first-order chi connectivity index (χ1) is 8.90. The lowest BCUT2D eigenvalue weighted by Crippen LogP contribution is -2.60. The van der Waals surface area contributed by atoms with Crippen molar-refractivity contribution in [2.45, 2.75) is 24.4 Å². The minimum absolute atomic E-state index is 0.0153. The highest BCUT2D eigenvalue weighted by molar-refractivity contribution is 8.04. The van der Waals surface area contributed by atoms with Crippen LogP contribution in [0.25, 0.3) is 0 Å². The number of nitrogens with two attached hydrogens (primary N) is 1. The molecule has 106 valence electrons. The van der Waals surface area contributed by atoms with Crippen molar-refractivity contribution in [3.8, 4) is 0 Å². The fourth-order valence-corrected chi connectivity index (χ4v) is 4.58. The number of carbonyl (C=O) groups is 2. The van der Waals surface area contributed by atoms with E-state index in [1.165, 1.54) is 28.4 Å². The standard InChI is InChI=1S/C11H16N2O4S2/c1-4(14)6-9(15)13-7(11(16)17)8(19-10(6)13)5(12)3-18-2/h4-6,10,14H,3,12H2,1-2H3,(H,16,17)/t4-,5-,6+,10-/m1/s1. The van der Waals surface area contributed by atoms with Crippen LogP contribution in [0.15, 0.2) is 10.6 Å². The van der Waals surface area contributed by atoms with Gasteiger partial charge in [0.25, 0.3) is 0 Å². The predicted octanol–water partition coefficient (Wildman–Crippen LogP) is -0.115. The van der Waals surface area contributed by atoms with Crippen LogP contribution < -0.4 is 5.73 Å². The SMILES string of the molecule is CSC[C@@H](N)C1=C(C(=O)O)N2C(=O)[C@H]([C@@H](C)O)[C@H]2S1. The van der Waals surface area contributed by atoms with E-state index in [2.05, 4.69) is 0 Å². The lowest BCUT2D eigenvalue weighted by Gasteiger charge is -2.43. The fourth-order valence-electron chi connectivity index (χ4n) is 2.33. The number of thioether (sulfide) groups is 2. The molecule has 0 aromatic heterocycles. The molecule has 19 heavy (non-hydrogen) atoms. The van der Waals surface area contributed by atoms with Gasteiger partial charge in [-0.3, -0.25) is 9.69 Å². The van der Waals surface area contributed by atoms with Crippen LogP contribution in [0.3, 0.4) is 0 Å². The van der Waals surface area contributed by atoms with Crippen LogP contribution in [-0.2, 0) is 9.59 Å². The maximum Gasteiger partial charge on any atom is 0.353 e. The number of carbonyl (C=O) groups excluding carboxylic acids is 1. The second-order valence-electron chi connectivity index (χ2n) is 4.56. The van der Waals surface area contributed by atoms with Crippen molar-refractivity contribution in [1.29, 1.82) is 0 Å². The third kappa shape index (κ3) is 2.26. The maximum absolute atomic E-state index is 11.9. The minimum Gasteiger partial charge on any atom is -0.477 e. The molecule has 2 aliphatic heterocycles. The van der Waals surface area contributed by atoms with Gasteiger partial charge in [-0.1, -0.05) is 11.8 Å². The maximum atomic E-state index is 11.9. The Morgan fingerprint density at radius 2 is 2.26 bits per heavy atom. The first-order valence-corrected chi connectivity index (χ1v) is 8.07. The molecule has 1 saturated heterocycles. The Bertz CT molecular complexity index is 452. The molecule has 1 amide bonds. The number of amides is 1. The molecule has 4 N–H and O–H groups in total. The number of aliphatic hydroxyl groups excluding tert-OH is 1. The molecule has 1 fully saturated rings. The molecule has 0 unspecified atom stereocenters. The van der Waals surface area contributed by atoms with Crippen LogP contribution >= 0.6 is 23.5 Å². The Balaban J connectivity index is 2.29. The Labute approximate surface area is 119 Å². The number of aliphatic carboxylic acids is 1. The van der Waals surface area contributed by atoms with Crippen molar-refractivity contribution in [2.75, 3.05) is 12.0 Å². The second-order valence-corrected chi connectivity index (χ2v) is 6.63. The van der Waals surface area contributed by atoms with E-state index in [9.17, 15) is 19.8 Å². The van der Waals surface area contributed by atoms with E-state index in [0.29, 0.717) is 10.7 Å². The number of rotatable bonds is 5. The van der Waals surface area contributed by atoms with Crippen LogP contribution in [-0.4, -0.2) is 56.5 Å². The Kier molecular flexibility index (Phi) is 4.14. The van der Waals surface area contributed by atoms with Gasteiger partial charge >= 0.3 is 5.97 Å². The monoisotopic (exact) mass is 304 g/mol. The summed E-state index contributed by atoms with van der Waals surface area (Å²) in [5.41, 5.74) is 5.96. The lowest BCUT2D eigenvalue weighted by atomic mass is 9.92. The van der Waals surface area contributed by atoms with Gasteiger partial charge in [0.1, 0.15) is 11.1 Å². The van der Waals surface area contributed by atoms with Gasteiger partial charge in [-0.15, -0.1) is 0 Å². The minimum atomic E-state index is -1.14. The Hall–Kier alpha value is -0.700. The summed E-state index contributed by atoms with van der Waals surface area (Å²) in [5.74, 6) is -1.43. The van der Waals surface area contributed by atoms with Gasteiger partial charge in [0.15, 0.2) is 0 Å². The van der Waals surface area contributed by atoms with Crippen molar-refractivity contribution in [1.82, 2.24) is 4.90 Å². The van der Waals surface area contributed by atoms with E-state index < -0.39 is 24.0 Å². The summed E-state index contributed by atoms with van der Waals surface area (Å²) >= 11 is 2.81. The van der Waals surface area contributed by atoms with Crippen molar-refractivity contribution >= 4 is 35.4 Å². The van der Waals surface area contributed by atoms with Gasteiger partial charge in [0.05, 0.1) is 12.0 Å². The van der Waals surface area contributed by atoms with E-state index in [4.69, 9.17) is 5.73 Å². The zero-order chi connectivity index (χ0) is 14.3. The number of carboxylic acid groups (broad SMARTS) is 1. The van der Waals surface area contributed by atoms with E-state index in [1.807, 2.05) is 6.26 Å². The Morgan fingerprint density at radius 1 is 1.63 bits per heavy atom. The van der Waals surface area contributed by atoms with Gasteiger partial charge in [0, 0.05) is 16.7 Å². The van der Waals surface area contributed by atoms with Gasteiger partial charge in [0.2, 0.25) is 5.91 Å². The van der Waals surface area contributed by atoms with Crippen LogP contribution in [0.1, 0.15) is 6.92 Å². The van der Waals surface area contributed by atoms with Gasteiger partial charge in [-0.05, 0) is 13.2 Å². The number of fused-ring (bicyclic) bond motifs is 1. The summed E-state index contributed by atoms with van der Waals surface area (Å²) in [7, 11) is 0. The largest absolute Gasteiger partial charge is 0.477 e. The number of β-lactam (4-membered cyclic amide) rings is 1. The van der Waals surface area contributed by atoms with Crippen molar-refractivity contribution in [3.05, 3.63) is 10.6 Å². The molecule has 0 bridgehead atoms. The van der Waals surface area contributed by atoms with Crippen molar-refractivity contribution < 1.29 is 19.8 Å². The summed E-state index contributed by atoms with van der Waals surface area (Å²) in [6.45, 7) is 1.54. The first kappa shape index (κ1) is 14.7. The highest BCUT2D eigenvalue weighted by atomic mass is 32.2. The highest BCUT2D eigenvalue weighted by Gasteiger charge is 2.58. The molecular weight excluding hydrogens is 288 g/mol. The third-order valence-electron chi connectivity index (χ3n) is 3.21. The van der Waals surface area contributed by atoms with Crippen LogP contribution in [0.4, 0.5) is 0 Å². The topological polar surface area (TPSA) is 104 Å².